The molecule has 5 rings (SSSR count). The van der Waals surface area contributed by atoms with Gasteiger partial charge in [0.2, 0.25) is 10.0 Å². The SMILES string of the molecule is C#[N+]C(C(=O)Nc1cccc(F)c1CCC1CNCC(C)N1S(=O)(=O)C1=CCCC=C1)C(c1cncc(F)c1)c1cccc(Cl)c1. The summed E-state index contributed by atoms with van der Waals surface area (Å²) in [6, 6.07) is 10.3. The molecule has 0 spiro atoms. The number of anilines is 1. The van der Waals surface area contributed by atoms with E-state index < -0.39 is 45.6 Å². The molecule has 46 heavy (non-hydrogen) atoms. The zero-order chi connectivity index (χ0) is 32.8. The van der Waals surface area contributed by atoms with E-state index in [-0.39, 0.29) is 28.6 Å². The van der Waals surface area contributed by atoms with Crippen LogP contribution in [0.5, 0.6) is 0 Å². The van der Waals surface area contributed by atoms with Crippen molar-refractivity contribution in [2.45, 2.75) is 56.7 Å². The first-order valence-electron chi connectivity index (χ1n) is 15.0. The summed E-state index contributed by atoms with van der Waals surface area (Å²) in [5.41, 5.74) is 1.31. The molecule has 0 saturated carbocycles. The fourth-order valence-electron chi connectivity index (χ4n) is 6.17. The van der Waals surface area contributed by atoms with Crippen LogP contribution in [0.1, 0.15) is 48.8 Å². The number of nitrogens with one attached hydrogen (secondary N) is 2. The Bertz CT molecular complexity index is 1760. The molecular weight excluding hydrogens is 632 g/mol. The van der Waals surface area contributed by atoms with Crippen molar-refractivity contribution in [2.24, 2.45) is 0 Å². The molecular formula is C34H35ClF2N5O3S+. The number of allylic oxidation sites excluding steroid dienone is 3. The second kappa shape index (κ2) is 14.6. The van der Waals surface area contributed by atoms with Gasteiger partial charge in [-0.3, -0.25) is 9.78 Å². The Labute approximate surface area is 273 Å². The second-order valence-corrected chi connectivity index (χ2v) is 13.7. The zero-order valence-electron chi connectivity index (χ0n) is 25.2. The van der Waals surface area contributed by atoms with E-state index in [9.17, 15) is 17.6 Å². The van der Waals surface area contributed by atoms with Crippen LogP contribution in [0.4, 0.5) is 14.5 Å². The molecule has 1 amide bonds. The molecule has 1 fully saturated rings. The van der Waals surface area contributed by atoms with Crippen LogP contribution >= 0.6 is 11.6 Å². The van der Waals surface area contributed by atoms with Gasteiger partial charge < -0.3 is 10.6 Å². The monoisotopic (exact) mass is 666 g/mol. The Morgan fingerprint density at radius 1 is 1.15 bits per heavy atom. The number of aromatic nitrogens is 1. The van der Waals surface area contributed by atoms with E-state index in [4.69, 9.17) is 18.2 Å². The Hall–Kier alpha value is -3.95. The Kier molecular flexibility index (Phi) is 10.6. The number of carbonyl (C=O) groups excluding carboxylic acids is 1. The van der Waals surface area contributed by atoms with Gasteiger partial charge in [0, 0.05) is 47.6 Å². The maximum Gasteiger partial charge on any atom is 0.359 e. The molecule has 0 bridgehead atoms. The Morgan fingerprint density at radius 3 is 2.67 bits per heavy atom. The van der Waals surface area contributed by atoms with Gasteiger partial charge in [0.15, 0.2) is 0 Å². The highest BCUT2D eigenvalue weighted by atomic mass is 35.5. The molecule has 8 nitrogen and oxygen atoms in total. The summed E-state index contributed by atoms with van der Waals surface area (Å²) in [6.07, 6.45) is 9.57. The molecule has 1 aromatic heterocycles. The third-order valence-electron chi connectivity index (χ3n) is 8.29. The average molecular weight is 667 g/mol. The molecule has 1 aliphatic carbocycles. The van der Waals surface area contributed by atoms with Crippen molar-refractivity contribution in [3.05, 3.63) is 122 Å². The number of hydrogen-bond donors (Lipinski definition) is 2. The van der Waals surface area contributed by atoms with Crippen molar-refractivity contribution in [2.75, 3.05) is 18.4 Å². The number of carbonyl (C=O) groups is 1. The van der Waals surface area contributed by atoms with Crippen molar-refractivity contribution in [1.29, 1.82) is 0 Å². The minimum atomic E-state index is -3.77. The van der Waals surface area contributed by atoms with Crippen LogP contribution < -0.4 is 10.6 Å². The smallest absolute Gasteiger partial charge is 0.319 e. The highest BCUT2D eigenvalue weighted by Gasteiger charge is 2.41. The summed E-state index contributed by atoms with van der Waals surface area (Å²) in [5.74, 6) is -2.67. The van der Waals surface area contributed by atoms with Gasteiger partial charge in [0.1, 0.15) is 17.6 Å². The van der Waals surface area contributed by atoms with Gasteiger partial charge in [0.05, 0.1) is 11.1 Å². The van der Waals surface area contributed by atoms with Crippen LogP contribution in [-0.2, 0) is 21.2 Å². The number of amides is 1. The molecule has 1 saturated heterocycles. The van der Waals surface area contributed by atoms with Crippen LogP contribution in [0.2, 0.25) is 5.02 Å². The summed E-state index contributed by atoms with van der Waals surface area (Å²) < 4.78 is 58.5. The van der Waals surface area contributed by atoms with Crippen LogP contribution in [0.15, 0.2) is 84.1 Å². The zero-order valence-corrected chi connectivity index (χ0v) is 26.8. The van der Waals surface area contributed by atoms with E-state index in [1.807, 2.05) is 13.0 Å². The highest BCUT2D eigenvalue weighted by molar-refractivity contribution is 7.93. The number of benzene rings is 2. The van der Waals surface area contributed by atoms with E-state index in [1.165, 1.54) is 28.7 Å². The molecule has 2 aromatic carbocycles. The van der Waals surface area contributed by atoms with Crippen molar-refractivity contribution in [3.63, 3.8) is 0 Å². The Morgan fingerprint density at radius 2 is 1.96 bits per heavy atom. The molecule has 240 valence electrons. The quantitative estimate of drug-likeness (QED) is 0.266. The van der Waals surface area contributed by atoms with Gasteiger partial charge in [-0.2, -0.15) is 4.31 Å². The first kappa shape index (κ1) is 33.4. The van der Waals surface area contributed by atoms with Crippen molar-refractivity contribution in [3.8, 4) is 6.57 Å². The lowest BCUT2D eigenvalue weighted by atomic mass is 9.85. The predicted octanol–water partition coefficient (Wildman–Crippen LogP) is 6.27. The number of pyridine rings is 1. The third kappa shape index (κ3) is 7.37. The van der Waals surface area contributed by atoms with E-state index >= 15 is 4.39 Å². The summed E-state index contributed by atoms with van der Waals surface area (Å²) in [6.45, 7) is 8.53. The van der Waals surface area contributed by atoms with E-state index in [0.29, 0.717) is 42.1 Å². The largest absolute Gasteiger partial charge is 0.359 e. The fourth-order valence-corrected chi connectivity index (χ4v) is 8.33. The fraction of sp³-hybridized carbons (Fsp3) is 0.324. The molecule has 4 unspecified atom stereocenters. The van der Waals surface area contributed by atoms with E-state index in [2.05, 4.69) is 20.5 Å². The minimum absolute atomic E-state index is 0.137. The number of rotatable bonds is 10. The maximum absolute atomic E-state index is 15.4. The van der Waals surface area contributed by atoms with E-state index in [0.717, 1.165) is 12.6 Å². The van der Waals surface area contributed by atoms with Crippen LogP contribution in [0.25, 0.3) is 4.85 Å². The predicted molar refractivity (Wildman–Crippen MR) is 176 cm³/mol. The molecule has 2 heterocycles. The lowest BCUT2D eigenvalue weighted by Crippen LogP contribution is -2.58. The number of halogens is 3. The van der Waals surface area contributed by atoms with Gasteiger partial charge in [-0.05, 0) is 80.1 Å². The van der Waals surface area contributed by atoms with Gasteiger partial charge in [-0.1, -0.05) is 46.8 Å². The molecule has 1 aliphatic heterocycles. The number of sulfonamides is 1. The van der Waals surface area contributed by atoms with Gasteiger partial charge in [-0.25, -0.2) is 17.2 Å². The highest BCUT2D eigenvalue weighted by Crippen LogP contribution is 2.34. The first-order chi connectivity index (χ1) is 22.1. The van der Waals surface area contributed by atoms with Gasteiger partial charge >= 0.3 is 11.9 Å². The molecule has 4 atom stereocenters. The number of piperazine rings is 1. The number of hydrogen-bond acceptors (Lipinski definition) is 5. The van der Waals surface area contributed by atoms with Crippen molar-refractivity contribution >= 4 is 33.2 Å². The lowest BCUT2D eigenvalue weighted by molar-refractivity contribution is -0.116. The third-order valence-corrected chi connectivity index (χ3v) is 10.6. The summed E-state index contributed by atoms with van der Waals surface area (Å²) in [5, 5.41) is 6.46. The first-order valence-corrected chi connectivity index (χ1v) is 16.9. The minimum Gasteiger partial charge on any atom is -0.319 e. The molecule has 3 aromatic rings. The molecule has 12 heteroatoms. The van der Waals surface area contributed by atoms with Crippen LogP contribution in [-0.4, -0.2) is 54.8 Å². The summed E-state index contributed by atoms with van der Waals surface area (Å²) >= 11 is 6.25. The van der Waals surface area contributed by atoms with Crippen LogP contribution in [0.3, 0.4) is 0 Å². The second-order valence-electron chi connectivity index (χ2n) is 11.4. The van der Waals surface area contributed by atoms with Crippen molar-refractivity contribution < 1.29 is 22.0 Å². The lowest BCUT2D eigenvalue weighted by Gasteiger charge is -2.40. The van der Waals surface area contributed by atoms with Crippen molar-refractivity contribution in [1.82, 2.24) is 14.6 Å². The van der Waals surface area contributed by atoms with E-state index in [1.54, 1.807) is 42.5 Å². The van der Waals surface area contributed by atoms with Gasteiger partial charge in [0.25, 0.3) is 6.57 Å². The van der Waals surface area contributed by atoms with Gasteiger partial charge in [-0.15, -0.1) is 0 Å². The topological polar surface area (TPSA) is 95.8 Å². The average Bonchev–Trinajstić information content (AvgIpc) is 3.03. The van der Waals surface area contributed by atoms with Crippen LogP contribution in [0, 0.1) is 18.2 Å². The summed E-state index contributed by atoms with van der Waals surface area (Å²) in [4.78, 5) is 21.9. The molecule has 2 aliphatic rings. The molecule has 2 N–H and O–H groups in total. The standard InChI is InChI=1S/C34H34ClF2N5O3S/c1-22-18-39-21-27(42(22)46(44,45)28-10-4-3-5-11-28)14-15-29-30(37)12-7-13-31(29)41-34(43)33(38-2)32(23-8-6-9-25(35)16-23)24-17-26(36)20-40-19-24/h2,4,6-13,16-17,19-20,22,27,32-33,39H,3,5,14-15,18,21H2,1H3/p+1. The number of nitrogens with zero attached hydrogens (tertiary/aromatic N) is 3. The molecule has 0 radical (unpaired) electrons. The normalized spacial score (nSPS) is 19.9. The Balaban J connectivity index is 1.41. The maximum atomic E-state index is 15.4. The summed E-state index contributed by atoms with van der Waals surface area (Å²) in [7, 11) is -3.77.